The van der Waals surface area contributed by atoms with E-state index in [-0.39, 0.29) is 24.2 Å². The first-order valence-corrected chi connectivity index (χ1v) is 11.5. The van der Waals surface area contributed by atoms with Gasteiger partial charge in [-0.25, -0.2) is 4.98 Å². The van der Waals surface area contributed by atoms with Crippen molar-refractivity contribution in [2.24, 2.45) is 5.92 Å². The average molecular weight is 465 g/mol. The summed E-state index contributed by atoms with van der Waals surface area (Å²) in [6.07, 6.45) is 2.89. The molecule has 1 fully saturated rings. The number of methoxy groups -OCH3 is 2. The second-order valence-corrected chi connectivity index (χ2v) is 9.09. The van der Waals surface area contributed by atoms with Gasteiger partial charge in [-0.2, -0.15) is 0 Å². The standard InChI is InChI=1S/C24H24N4O4S/c1-31-16-3-5-19-18(10-16)14(12-25-19)7-8-28-13-15(9-22(28)29)23(30)27-24-26-20-6-4-17(32-2)11-21(20)33-24/h3-6,10-12,15,25H,7-9,13H2,1-2H3,(H,26,27,30). The summed E-state index contributed by atoms with van der Waals surface area (Å²) in [6.45, 7) is 0.975. The molecular formula is C24H24N4O4S. The number of thiazole rings is 1. The monoisotopic (exact) mass is 464 g/mol. The van der Waals surface area contributed by atoms with Crippen molar-refractivity contribution in [3.05, 3.63) is 48.2 Å². The van der Waals surface area contributed by atoms with Crippen LogP contribution in [-0.4, -0.2) is 54.0 Å². The van der Waals surface area contributed by atoms with Gasteiger partial charge in [0, 0.05) is 36.6 Å². The SMILES string of the molecule is COc1ccc2nc(NC(=O)C3CC(=O)N(CCc4c[nH]c5ccc(OC)cc45)C3)sc2c1. The van der Waals surface area contributed by atoms with Crippen LogP contribution in [-0.2, 0) is 16.0 Å². The molecule has 1 unspecified atom stereocenters. The lowest BCUT2D eigenvalue weighted by Gasteiger charge is -2.16. The molecule has 0 aliphatic carbocycles. The van der Waals surface area contributed by atoms with E-state index in [9.17, 15) is 9.59 Å². The smallest absolute Gasteiger partial charge is 0.231 e. The Bertz CT molecular complexity index is 1340. The summed E-state index contributed by atoms with van der Waals surface area (Å²) < 4.78 is 11.5. The van der Waals surface area contributed by atoms with Crippen LogP contribution in [0.1, 0.15) is 12.0 Å². The Morgan fingerprint density at radius 1 is 1.21 bits per heavy atom. The number of amides is 2. The predicted octanol–water partition coefficient (Wildman–Crippen LogP) is 3.82. The first kappa shape index (κ1) is 21.3. The Balaban J connectivity index is 1.22. The van der Waals surface area contributed by atoms with Crippen LogP contribution in [0.2, 0.25) is 0 Å². The summed E-state index contributed by atoms with van der Waals surface area (Å²) in [5.41, 5.74) is 2.95. The quantitative estimate of drug-likeness (QED) is 0.433. The number of H-pyrrole nitrogens is 1. The molecule has 2 N–H and O–H groups in total. The number of rotatable bonds is 7. The molecular weight excluding hydrogens is 440 g/mol. The van der Waals surface area contributed by atoms with Crippen LogP contribution in [0.4, 0.5) is 5.13 Å². The fraction of sp³-hybridized carbons (Fsp3) is 0.292. The van der Waals surface area contributed by atoms with E-state index in [4.69, 9.17) is 9.47 Å². The summed E-state index contributed by atoms with van der Waals surface area (Å²) in [5, 5.41) is 4.50. The molecule has 8 nitrogen and oxygen atoms in total. The third kappa shape index (κ3) is 4.23. The highest BCUT2D eigenvalue weighted by molar-refractivity contribution is 7.22. The highest BCUT2D eigenvalue weighted by Gasteiger charge is 2.34. The van der Waals surface area contributed by atoms with Gasteiger partial charge in [0.1, 0.15) is 11.5 Å². The van der Waals surface area contributed by atoms with Gasteiger partial charge in [0.05, 0.1) is 30.4 Å². The minimum Gasteiger partial charge on any atom is -0.497 e. The minimum absolute atomic E-state index is 0.00149. The van der Waals surface area contributed by atoms with Crippen LogP contribution in [0, 0.1) is 5.92 Å². The van der Waals surface area contributed by atoms with Gasteiger partial charge in [0.15, 0.2) is 5.13 Å². The number of aromatic amines is 1. The fourth-order valence-electron chi connectivity index (χ4n) is 4.20. The van der Waals surface area contributed by atoms with E-state index in [1.54, 1.807) is 19.1 Å². The normalized spacial score (nSPS) is 16.0. The average Bonchev–Trinajstić information content (AvgIpc) is 3.52. The Hall–Kier alpha value is -3.59. The lowest BCUT2D eigenvalue weighted by Crippen LogP contribution is -2.29. The van der Waals surface area contributed by atoms with Crippen molar-refractivity contribution in [3.63, 3.8) is 0 Å². The van der Waals surface area contributed by atoms with Gasteiger partial charge in [-0.05, 0) is 48.4 Å². The van der Waals surface area contributed by atoms with E-state index in [0.29, 0.717) is 24.6 Å². The van der Waals surface area contributed by atoms with Gasteiger partial charge in [0.25, 0.3) is 0 Å². The zero-order valence-electron chi connectivity index (χ0n) is 18.4. The molecule has 1 aliphatic rings. The number of carbonyl (C=O) groups excluding carboxylic acids is 2. The van der Waals surface area contributed by atoms with E-state index in [1.165, 1.54) is 11.3 Å². The van der Waals surface area contributed by atoms with Crippen molar-refractivity contribution in [2.75, 3.05) is 32.6 Å². The number of hydrogen-bond acceptors (Lipinski definition) is 6. The van der Waals surface area contributed by atoms with Crippen LogP contribution in [0.5, 0.6) is 11.5 Å². The summed E-state index contributed by atoms with van der Waals surface area (Å²) in [4.78, 5) is 34.9. The second kappa shape index (κ2) is 8.74. The van der Waals surface area contributed by atoms with E-state index in [2.05, 4.69) is 15.3 Å². The van der Waals surface area contributed by atoms with Crippen molar-refractivity contribution in [3.8, 4) is 11.5 Å². The first-order chi connectivity index (χ1) is 16.0. The molecule has 33 heavy (non-hydrogen) atoms. The van der Waals surface area contributed by atoms with Crippen LogP contribution < -0.4 is 14.8 Å². The number of nitrogens with zero attached hydrogens (tertiary/aromatic N) is 2. The molecule has 4 aromatic rings. The number of likely N-dealkylation sites (tertiary alicyclic amines) is 1. The number of fused-ring (bicyclic) bond motifs is 2. The zero-order valence-corrected chi connectivity index (χ0v) is 19.2. The molecule has 0 radical (unpaired) electrons. The van der Waals surface area contributed by atoms with E-state index >= 15 is 0 Å². The molecule has 2 aromatic carbocycles. The molecule has 0 saturated carbocycles. The molecule has 0 bridgehead atoms. The molecule has 170 valence electrons. The minimum atomic E-state index is -0.387. The summed E-state index contributed by atoms with van der Waals surface area (Å²) in [5.74, 6) is 0.984. The molecule has 5 rings (SSSR count). The lowest BCUT2D eigenvalue weighted by atomic mass is 10.1. The molecule has 0 spiro atoms. The Kier molecular flexibility index (Phi) is 5.63. The third-order valence-corrected chi connectivity index (χ3v) is 6.97. The zero-order chi connectivity index (χ0) is 22.9. The summed E-state index contributed by atoms with van der Waals surface area (Å²) in [6, 6.07) is 11.5. The van der Waals surface area contributed by atoms with Crippen LogP contribution >= 0.6 is 11.3 Å². The van der Waals surface area contributed by atoms with E-state index in [0.717, 1.165) is 38.2 Å². The molecule has 1 saturated heterocycles. The summed E-state index contributed by atoms with van der Waals surface area (Å²) in [7, 11) is 3.26. The molecule has 3 heterocycles. The topological polar surface area (TPSA) is 96.5 Å². The Morgan fingerprint density at radius 3 is 2.82 bits per heavy atom. The molecule has 9 heteroatoms. The number of anilines is 1. The Morgan fingerprint density at radius 2 is 2.00 bits per heavy atom. The van der Waals surface area contributed by atoms with Crippen molar-refractivity contribution in [2.45, 2.75) is 12.8 Å². The predicted molar refractivity (Wildman–Crippen MR) is 128 cm³/mol. The van der Waals surface area contributed by atoms with E-state index in [1.807, 2.05) is 42.6 Å². The maximum absolute atomic E-state index is 12.8. The lowest BCUT2D eigenvalue weighted by molar-refractivity contribution is -0.128. The highest BCUT2D eigenvalue weighted by atomic mass is 32.1. The maximum atomic E-state index is 12.8. The number of aromatic nitrogens is 2. The number of nitrogens with one attached hydrogen (secondary N) is 2. The number of benzene rings is 2. The largest absolute Gasteiger partial charge is 0.497 e. The fourth-order valence-corrected chi connectivity index (χ4v) is 5.10. The maximum Gasteiger partial charge on any atom is 0.231 e. The van der Waals surface area contributed by atoms with Gasteiger partial charge >= 0.3 is 0 Å². The number of ether oxygens (including phenoxy) is 2. The Labute approximate surface area is 194 Å². The van der Waals surface area contributed by atoms with Gasteiger partial charge in [0.2, 0.25) is 11.8 Å². The summed E-state index contributed by atoms with van der Waals surface area (Å²) >= 11 is 1.39. The first-order valence-electron chi connectivity index (χ1n) is 10.7. The molecule has 1 aliphatic heterocycles. The van der Waals surface area contributed by atoms with Crippen molar-refractivity contribution < 1.29 is 19.1 Å². The molecule has 2 amide bonds. The van der Waals surface area contributed by atoms with Gasteiger partial charge in [-0.15, -0.1) is 0 Å². The van der Waals surface area contributed by atoms with Gasteiger partial charge < -0.3 is 24.7 Å². The van der Waals surface area contributed by atoms with Crippen LogP contribution in [0.3, 0.4) is 0 Å². The van der Waals surface area contributed by atoms with Crippen molar-refractivity contribution in [1.82, 2.24) is 14.9 Å². The van der Waals surface area contributed by atoms with Crippen molar-refractivity contribution in [1.29, 1.82) is 0 Å². The number of carbonyl (C=O) groups is 2. The molecule has 1 atom stereocenters. The van der Waals surface area contributed by atoms with Crippen LogP contribution in [0.15, 0.2) is 42.6 Å². The molecule has 2 aromatic heterocycles. The third-order valence-electron chi connectivity index (χ3n) is 6.04. The van der Waals surface area contributed by atoms with Gasteiger partial charge in [-0.1, -0.05) is 11.3 Å². The van der Waals surface area contributed by atoms with Crippen molar-refractivity contribution >= 4 is 49.4 Å². The van der Waals surface area contributed by atoms with Gasteiger partial charge in [-0.3, -0.25) is 9.59 Å². The number of hydrogen-bond donors (Lipinski definition) is 2. The highest BCUT2D eigenvalue weighted by Crippen LogP contribution is 2.30. The second-order valence-electron chi connectivity index (χ2n) is 8.06. The van der Waals surface area contributed by atoms with Crippen LogP contribution in [0.25, 0.3) is 21.1 Å². The van der Waals surface area contributed by atoms with E-state index < -0.39 is 0 Å².